The fourth-order valence-corrected chi connectivity index (χ4v) is 2.49. The topological polar surface area (TPSA) is 54.3 Å². The molecule has 1 fully saturated rings. The Morgan fingerprint density at radius 2 is 2.12 bits per heavy atom. The van der Waals surface area contributed by atoms with Crippen LogP contribution in [0.3, 0.4) is 0 Å². The third-order valence-corrected chi connectivity index (χ3v) is 3.67. The third-order valence-electron chi connectivity index (χ3n) is 3.67. The van der Waals surface area contributed by atoms with E-state index in [0.29, 0.717) is 5.69 Å². The molecule has 94 valence electrons. The number of rotatable bonds is 2. The summed E-state index contributed by atoms with van der Waals surface area (Å²) in [6.07, 6.45) is 5.08. The zero-order valence-electron chi connectivity index (χ0n) is 10.4. The summed E-state index contributed by atoms with van der Waals surface area (Å²) in [5.41, 5.74) is 0.104. The molecule has 1 heterocycles. The zero-order chi connectivity index (χ0) is 12.5. The van der Waals surface area contributed by atoms with Gasteiger partial charge in [-0.25, -0.2) is 0 Å². The molecule has 0 unspecified atom stereocenters. The zero-order valence-corrected chi connectivity index (χ0v) is 10.4. The maximum atomic E-state index is 12.1. The molecule has 17 heavy (non-hydrogen) atoms. The molecule has 0 aliphatic heterocycles. The summed E-state index contributed by atoms with van der Waals surface area (Å²) in [5, 5.41) is 12.8. The summed E-state index contributed by atoms with van der Waals surface area (Å²) in [5.74, 6) is 0. The lowest BCUT2D eigenvalue weighted by Crippen LogP contribution is -2.34. The Balaban J connectivity index is 2.22. The lowest BCUT2D eigenvalue weighted by atomic mass is 9.83. The second-order valence-electron chi connectivity index (χ2n) is 5.11. The van der Waals surface area contributed by atoms with E-state index in [9.17, 15) is 9.90 Å². The van der Waals surface area contributed by atoms with Crippen LogP contribution >= 0.6 is 0 Å². The summed E-state index contributed by atoms with van der Waals surface area (Å²) in [4.78, 5) is 12.1. The minimum Gasteiger partial charge on any atom is -0.390 e. The maximum Gasteiger partial charge on any atom is 0.274 e. The molecule has 0 aromatic carbocycles. The van der Waals surface area contributed by atoms with Crippen LogP contribution in [0.4, 0.5) is 5.69 Å². The Hall–Kier alpha value is -1.29. The number of nitrogens with zero attached hydrogens (tertiary/aromatic N) is 1. The van der Waals surface area contributed by atoms with Gasteiger partial charge >= 0.3 is 0 Å². The van der Waals surface area contributed by atoms with E-state index in [2.05, 4.69) is 5.32 Å². The summed E-state index contributed by atoms with van der Waals surface area (Å²) in [6.45, 7) is 1.87. The SMILES string of the molecule is CNc1cccn(C2CCC(C)(O)CC2)c1=O. The minimum absolute atomic E-state index is 0.0292. The van der Waals surface area contributed by atoms with E-state index in [1.165, 1.54) is 0 Å². The van der Waals surface area contributed by atoms with Gasteiger partial charge in [0, 0.05) is 19.3 Å². The molecule has 1 aliphatic rings. The van der Waals surface area contributed by atoms with Crippen LogP contribution in [0.5, 0.6) is 0 Å². The number of pyridine rings is 1. The fraction of sp³-hybridized carbons (Fsp3) is 0.615. The van der Waals surface area contributed by atoms with Crippen LogP contribution in [0.2, 0.25) is 0 Å². The highest BCUT2D eigenvalue weighted by Crippen LogP contribution is 2.33. The van der Waals surface area contributed by atoms with Gasteiger partial charge < -0.3 is 15.0 Å². The Labute approximate surface area is 101 Å². The van der Waals surface area contributed by atoms with Gasteiger partial charge in [-0.2, -0.15) is 0 Å². The number of hydrogen-bond donors (Lipinski definition) is 2. The highest BCUT2D eigenvalue weighted by molar-refractivity contribution is 5.39. The van der Waals surface area contributed by atoms with Crippen molar-refractivity contribution in [1.29, 1.82) is 0 Å². The lowest BCUT2D eigenvalue weighted by Gasteiger charge is -2.34. The van der Waals surface area contributed by atoms with Gasteiger partial charge in [0.1, 0.15) is 5.69 Å². The minimum atomic E-state index is -0.555. The van der Waals surface area contributed by atoms with Crippen molar-refractivity contribution in [3.63, 3.8) is 0 Å². The van der Waals surface area contributed by atoms with Crippen molar-refractivity contribution >= 4 is 5.69 Å². The Morgan fingerprint density at radius 3 is 2.71 bits per heavy atom. The van der Waals surface area contributed by atoms with E-state index in [1.54, 1.807) is 17.7 Å². The predicted molar refractivity (Wildman–Crippen MR) is 68.4 cm³/mol. The Bertz CT molecular complexity index is 441. The van der Waals surface area contributed by atoms with Gasteiger partial charge in [-0.1, -0.05) is 0 Å². The van der Waals surface area contributed by atoms with Crippen molar-refractivity contribution in [3.8, 4) is 0 Å². The molecule has 1 aromatic heterocycles. The van der Waals surface area contributed by atoms with Crippen LogP contribution in [-0.4, -0.2) is 22.3 Å². The number of aliphatic hydroxyl groups is 1. The molecular formula is C13H20N2O2. The van der Waals surface area contributed by atoms with E-state index >= 15 is 0 Å². The van der Waals surface area contributed by atoms with Crippen LogP contribution in [-0.2, 0) is 0 Å². The van der Waals surface area contributed by atoms with Crippen LogP contribution in [0.15, 0.2) is 23.1 Å². The number of nitrogens with one attached hydrogen (secondary N) is 1. The van der Waals surface area contributed by atoms with Crippen molar-refractivity contribution in [1.82, 2.24) is 4.57 Å². The van der Waals surface area contributed by atoms with Gasteiger partial charge in [0.25, 0.3) is 5.56 Å². The molecule has 1 saturated carbocycles. The van der Waals surface area contributed by atoms with Gasteiger partial charge in [0.2, 0.25) is 0 Å². The van der Waals surface area contributed by atoms with Crippen molar-refractivity contribution < 1.29 is 5.11 Å². The van der Waals surface area contributed by atoms with Crippen molar-refractivity contribution in [2.45, 2.75) is 44.2 Å². The quantitative estimate of drug-likeness (QED) is 0.822. The monoisotopic (exact) mass is 236 g/mol. The summed E-state index contributed by atoms with van der Waals surface area (Å²) in [6, 6.07) is 3.90. The molecule has 4 heteroatoms. The molecule has 0 radical (unpaired) electrons. The Morgan fingerprint density at radius 1 is 1.47 bits per heavy atom. The van der Waals surface area contributed by atoms with Crippen molar-refractivity contribution in [2.75, 3.05) is 12.4 Å². The molecule has 1 aliphatic carbocycles. The molecule has 0 spiro atoms. The number of hydrogen-bond acceptors (Lipinski definition) is 3. The third kappa shape index (κ3) is 2.52. The van der Waals surface area contributed by atoms with E-state index in [-0.39, 0.29) is 11.6 Å². The van der Waals surface area contributed by atoms with Crippen LogP contribution in [0, 0.1) is 0 Å². The van der Waals surface area contributed by atoms with E-state index in [4.69, 9.17) is 0 Å². The van der Waals surface area contributed by atoms with Crippen molar-refractivity contribution in [2.24, 2.45) is 0 Å². The van der Waals surface area contributed by atoms with Gasteiger partial charge in [0.15, 0.2) is 0 Å². The normalized spacial score (nSPS) is 29.0. The van der Waals surface area contributed by atoms with E-state index < -0.39 is 5.60 Å². The van der Waals surface area contributed by atoms with E-state index in [1.807, 2.05) is 19.2 Å². The molecule has 2 N–H and O–H groups in total. The summed E-state index contributed by atoms with van der Waals surface area (Å²) < 4.78 is 1.79. The average Bonchev–Trinajstić information content (AvgIpc) is 2.30. The molecule has 1 aromatic rings. The van der Waals surface area contributed by atoms with Crippen LogP contribution in [0.1, 0.15) is 38.6 Å². The molecule has 0 saturated heterocycles. The predicted octanol–water partition coefficient (Wildman–Crippen LogP) is 1.76. The van der Waals surface area contributed by atoms with Gasteiger partial charge in [-0.05, 0) is 44.7 Å². The molecule has 4 nitrogen and oxygen atoms in total. The van der Waals surface area contributed by atoms with Gasteiger partial charge in [-0.3, -0.25) is 4.79 Å². The first kappa shape index (κ1) is 12.2. The van der Waals surface area contributed by atoms with Gasteiger partial charge in [-0.15, -0.1) is 0 Å². The van der Waals surface area contributed by atoms with Crippen molar-refractivity contribution in [3.05, 3.63) is 28.7 Å². The standard InChI is InChI=1S/C13H20N2O2/c1-13(17)7-5-10(6-8-13)15-9-3-4-11(14-2)12(15)16/h3-4,9-10,14,17H,5-8H2,1-2H3. The summed E-state index contributed by atoms with van der Waals surface area (Å²) >= 11 is 0. The smallest absolute Gasteiger partial charge is 0.274 e. The Kier molecular flexibility index (Phi) is 3.24. The molecule has 0 amide bonds. The summed E-state index contributed by atoms with van der Waals surface area (Å²) in [7, 11) is 1.76. The highest BCUT2D eigenvalue weighted by Gasteiger charge is 2.29. The van der Waals surface area contributed by atoms with Crippen LogP contribution in [0.25, 0.3) is 0 Å². The molecule has 2 rings (SSSR count). The first-order valence-corrected chi connectivity index (χ1v) is 6.15. The fourth-order valence-electron chi connectivity index (χ4n) is 2.49. The first-order chi connectivity index (χ1) is 8.03. The second kappa shape index (κ2) is 4.53. The highest BCUT2D eigenvalue weighted by atomic mass is 16.3. The molecule has 0 bridgehead atoms. The average molecular weight is 236 g/mol. The maximum absolute atomic E-state index is 12.1. The number of aromatic nitrogens is 1. The second-order valence-corrected chi connectivity index (χ2v) is 5.11. The largest absolute Gasteiger partial charge is 0.390 e. The molecule has 0 atom stereocenters. The lowest BCUT2D eigenvalue weighted by molar-refractivity contribution is 0.00956. The van der Waals surface area contributed by atoms with Crippen LogP contribution < -0.4 is 10.9 Å². The van der Waals surface area contributed by atoms with Gasteiger partial charge in [0.05, 0.1) is 5.60 Å². The number of anilines is 1. The molecular weight excluding hydrogens is 216 g/mol. The van der Waals surface area contributed by atoms with E-state index in [0.717, 1.165) is 25.7 Å². The first-order valence-electron chi connectivity index (χ1n) is 6.15.